The minimum absolute atomic E-state index is 0.180. The number of hydrogen-bond acceptors (Lipinski definition) is 3. The smallest absolute Gasteiger partial charge is 0.253 e. The number of nitrogens with one attached hydrogen (secondary N) is 1. The highest BCUT2D eigenvalue weighted by atomic mass is 16.5. The Morgan fingerprint density at radius 1 is 1.33 bits per heavy atom. The van der Waals surface area contributed by atoms with Crippen molar-refractivity contribution in [3.8, 4) is 0 Å². The molecule has 1 saturated heterocycles. The van der Waals surface area contributed by atoms with E-state index in [0.717, 1.165) is 57.6 Å². The van der Waals surface area contributed by atoms with E-state index < -0.39 is 0 Å². The van der Waals surface area contributed by atoms with Crippen LogP contribution in [0.4, 0.5) is 0 Å². The molecule has 0 radical (unpaired) electrons. The molecule has 2 aliphatic heterocycles. The van der Waals surface area contributed by atoms with Crippen molar-refractivity contribution in [3.05, 3.63) is 34.9 Å². The number of rotatable bonds is 3. The molecule has 0 aromatic heterocycles. The van der Waals surface area contributed by atoms with Crippen molar-refractivity contribution >= 4 is 5.91 Å². The molecule has 0 unspecified atom stereocenters. The van der Waals surface area contributed by atoms with E-state index in [9.17, 15) is 4.79 Å². The maximum absolute atomic E-state index is 12.6. The number of fused-ring (bicyclic) bond motifs is 1. The highest BCUT2D eigenvalue weighted by molar-refractivity contribution is 5.94. The predicted octanol–water partition coefficient (Wildman–Crippen LogP) is 1.83. The summed E-state index contributed by atoms with van der Waals surface area (Å²) in [5, 5.41) is 3.37. The number of amides is 1. The van der Waals surface area contributed by atoms with Gasteiger partial charge in [0.1, 0.15) is 0 Å². The van der Waals surface area contributed by atoms with Crippen LogP contribution in [-0.4, -0.2) is 44.2 Å². The van der Waals surface area contributed by atoms with Gasteiger partial charge in [-0.15, -0.1) is 0 Å². The Labute approximate surface area is 126 Å². The molecule has 4 nitrogen and oxygen atoms in total. The zero-order valence-corrected chi connectivity index (χ0v) is 12.7. The third kappa shape index (κ3) is 3.27. The number of methoxy groups -OCH3 is 1. The van der Waals surface area contributed by atoms with Crippen LogP contribution in [0.15, 0.2) is 18.2 Å². The molecular formula is C17H24N2O2. The largest absolute Gasteiger partial charge is 0.384 e. The van der Waals surface area contributed by atoms with Crippen LogP contribution in [0.1, 0.15) is 34.3 Å². The van der Waals surface area contributed by atoms with Crippen LogP contribution in [0.25, 0.3) is 0 Å². The molecule has 1 aromatic rings. The lowest BCUT2D eigenvalue weighted by atomic mass is 9.95. The number of nitrogens with zero attached hydrogens (tertiary/aromatic N) is 1. The minimum Gasteiger partial charge on any atom is -0.384 e. The standard InChI is InChI=1S/C17H24N2O2/c1-21-12-13-5-8-19(9-6-13)17(20)15-3-2-14-4-7-18-11-16(14)10-15/h2-3,10,13,18H,4-9,11-12H2,1H3. The average molecular weight is 288 g/mol. The summed E-state index contributed by atoms with van der Waals surface area (Å²) in [6.45, 7) is 4.43. The Morgan fingerprint density at radius 2 is 2.14 bits per heavy atom. The fourth-order valence-electron chi connectivity index (χ4n) is 3.33. The van der Waals surface area contributed by atoms with Crippen LogP contribution < -0.4 is 5.32 Å². The zero-order chi connectivity index (χ0) is 14.7. The van der Waals surface area contributed by atoms with Crippen LogP contribution in [0.3, 0.4) is 0 Å². The van der Waals surface area contributed by atoms with Gasteiger partial charge >= 0.3 is 0 Å². The first kappa shape index (κ1) is 14.5. The second-order valence-electron chi connectivity index (χ2n) is 6.10. The molecule has 1 fully saturated rings. The zero-order valence-electron chi connectivity index (χ0n) is 12.7. The number of ether oxygens (including phenoxy) is 1. The molecule has 2 heterocycles. The van der Waals surface area contributed by atoms with E-state index in [1.54, 1.807) is 7.11 Å². The molecule has 0 atom stereocenters. The van der Waals surface area contributed by atoms with E-state index in [1.165, 1.54) is 11.1 Å². The fourth-order valence-corrected chi connectivity index (χ4v) is 3.33. The number of carbonyl (C=O) groups excluding carboxylic acids is 1. The van der Waals surface area contributed by atoms with Crippen molar-refractivity contribution in [2.45, 2.75) is 25.8 Å². The third-order valence-electron chi connectivity index (χ3n) is 4.64. The molecule has 0 saturated carbocycles. The summed E-state index contributed by atoms with van der Waals surface area (Å²) in [7, 11) is 1.75. The third-order valence-corrected chi connectivity index (χ3v) is 4.64. The summed E-state index contributed by atoms with van der Waals surface area (Å²) >= 11 is 0. The molecule has 1 amide bonds. The van der Waals surface area contributed by atoms with Gasteiger partial charge in [0, 0.05) is 38.9 Å². The van der Waals surface area contributed by atoms with Crippen molar-refractivity contribution in [1.29, 1.82) is 0 Å². The molecule has 1 N–H and O–H groups in total. The SMILES string of the molecule is COCC1CCN(C(=O)c2ccc3c(c2)CNCC3)CC1. The Morgan fingerprint density at radius 3 is 2.90 bits per heavy atom. The summed E-state index contributed by atoms with van der Waals surface area (Å²) in [6, 6.07) is 6.19. The van der Waals surface area contributed by atoms with Gasteiger partial charge in [0.15, 0.2) is 0 Å². The molecule has 3 rings (SSSR count). The van der Waals surface area contributed by atoms with E-state index in [1.807, 2.05) is 11.0 Å². The summed E-state index contributed by atoms with van der Waals surface area (Å²) in [4.78, 5) is 14.6. The van der Waals surface area contributed by atoms with E-state index in [4.69, 9.17) is 4.74 Å². The number of likely N-dealkylation sites (tertiary alicyclic amines) is 1. The second-order valence-corrected chi connectivity index (χ2v) is 6.10. The molecule has 1 aromatic carbocycles. The first-order chi connectivity index (χ1) is 10.3. The fraction of sp³-hybridized carbons (Fsp3) is 0.588. The summed E-state index contributed by atoms with van der Waals surface area (Å²) in [6.07, 6.45) is 3.16. The molecule has 2 aliphatic rings. The number of hydrogen-bond donors (Lipinski definition) is 1. The van der Waals surface area contributed by atoms with Crippen LogP contribution in [0.2, 0.25) is 0 Å². The normalized spacial score (nSPS) is 19.4. The maximum Gasteiger partial charge on any atom is 0.253 e. The van der Waals surface area contributed by atoms with Crippen molar-refractivity contribution in [2.75, 3.05) is 33.4 Å². The number of benzene rings is 1. The van der Waals surface area contributed by atoms with Gasteiger partial charge in [-0.2, -0.15) is 0 Å². The molecule has 21 heavy (non-hydrogen) atoms. The van der Waals surface area contributed by atoms with Crippen molar-refractivity contribution in [1.82, 2.24) is 10.2 Å². The molecule has 0 aliphatic carbocycles. The summed E-state index contributed by atoms with van der Waals surface area (Å²) in [5.41, 5.74) is 3.49. The number of carbonyl (C=O) groups is 1. The highest BCUT2D eigenvalue weighted by Gasteiger charge is 2.24. The van der Waals surface area contributed by atoms with E-state index in [-0.39, 0.29) is 5.91 Å². The lowest BCUT2D eigenvalue weighted by Gasteiger charge is -2.32. The Hall–Kier alpha value is -1.39. The Kier molecular flexibility index (Phi) is 4.56. The van der Waals surface area contributed by atoms with Gasteiger partial charge in [-0.1, -0.05) is 6.07 Å². The van der Waals surface area contributed by atoms with Crippen LogP contribution in [0, 0.1) is 5.92 Å². The van der Waals surface area contributed by atoms with Gasteiger partial charge in [-0.05, 0) is 55.0 Å². The maximum atomic E-state index is 12.6. The van der Waals surface area contributed by atoms with Crippen molar-refractivity contribution in [2.24, 2.45) is 5.92 Å². The quantitative estimate of drug-likeness (QED) is 0.922. The lowest BCUT2D eigenvalue weighted by Crippen LogP contribution is -2.39. The average Bonchev–Trinajstić information content (AvgIpc) is 2.55. The van der Waals surface area contributed by atoms with Crippen LogP contribution in [-0.2, 0) is 17.7 Å². The van der Waals surface area contributed by atoms with Gasteiger partial charge in [-0.25, -0.2) is 0 Å². The minimum atomic E-state index is 0.180. The monoisotopic (exact) mass is 288 g/mol. The molecule has 0 spiro atoms. The van der Waals surface area contributed by atoms with Gasteiger partial charge in [0.05, 0.1) is 0 Å². The Balaban J connectivity index is 1.66. The van der Waals surface area contributed by atoms with Gasteiger partial charge in [-0.3, -0.25) is 4.79 Å². The number of piperidine rings is 1. The Bertz CT molecular complexity index is 508. The summed E-state index contributed by atoms with van der Waals surface area (Å²) in [5.74, 6) is 0.783. The van der Waals surface area contributed by atoms with E-state index >= 15 is 0 Å². The van der Waals surface area contributed by atoms with Crippen molar-refractivity contribution < 1.29 is 9.53 Å². The van der Waals surface area contributed by atoms with Gasteiger partial charge in [0.25, 0.3) is 5.91 Å². The second kappa shape index (κ2) is 6.58. The van der Waals surface area contributed by atoms with Crippen LogP contribution >= 0.6 is 0 Å². The first-order valence-electron chi connectivity index (χ1n) is 7.88. The van der Waals surface area contributed by atoms with E-state index in [0.29, 0.717) is 5.92 Å². The molecular weight excluding hydrogens is 264 g/mol. The highest BCUT2D eigenvalue weighted by Crippen LogP contribution is 2.21. The molecule has 4 heteroatoms. The van der Waals surface area contributed by atoms with Crippen LogP contribution in [0.5, 0.6) is 0 Å². The molecule has 0 bridgehead atoms. The molecule has 114 valence electrons. The lowest BCUT2D eigenvalue weighted by molar-refractivity contribution is 0.0613. The predicted molar refractivity (Wildman–Crippen MR) is 82.4 cm³/mol. The van der Waals surface area contributed by atoms with E-state index in [2.05, 4.69) is 17.4 Å². The van der Waals surface area contributed by atoms with Gasteiger partial charge < -0.3 is 15.0 Å². The van der Waals surface area contributed by atoms with Gasteiger partial charge in [0.2, 0.25) is 0 Å². The first-order valence-corrected chi connectivity index (χ1v) is 7.88. The topological polar surface area (TPSA) is 41.6 Å². The van der Waals surface area contributed by atoms with Crippen molar-refractivity contribution in [3.63, 3.8) is 0 Å². The summed E-state index contributed by atoms with van der Waals surface area (Å²) < 4.78 is 5.21.